The molecule has 0 bridgehead atoms. The lowest BCUT2D eigenvalue weighted by molar-refractivity contribution is 0.0579. The van der Waals surface area contributed by atoms with Crippen LogP contribution < -0.4 is 10.9 Å². The molecule has 92 valence electrons. The van der Waals surface area contributed by atoms with Gasteiger partial charge in [-0.15, -0.1) is 0 Å². The summed E-state index contributed by atoms with van der Waals surface area (Å²) < 4.78 is 0. The summed E-state index contributed by atoms with van der Waals surface area (Å²) in [6.07, 6.45) is 0.886. The van der Waals surface area contributed by atoms with Gasteiger partial charge in [0.25, 0.3) is 11.5 Å². The highest BCUT2D eigenvalue weighted by molar-refractivity contribution is 5.93. The zero-order valence-electron chi connectivity index (χ0n) is 9.51. The van der Waals surface area contributed by atoms with Gasteiger partial charge in [0, 0.05) is 26.3 Å². The SMILES string of the molecule is CN(C(=O)c1ccc[nH]c1=O)[C@H]1CNC[C@@H]1O. The summed E-state index contributed by atoms with van der Waals surface area (Å²) >= 11 is 0. The molecule has 1 aliphatic rings. The Labute approximate surface area is 98.3 Å². The second-order valence-electron chi connectivity index (χ2n) is 4.12. The predicted molar refractivity (Wildman–Crippen MR) is 61.8 cm³/mol. The van der Waals surface area contributed by atoms with Gasteiger partial charge in [0.1, 0.15) is 5.56 Å². The van der Waals surface area contributed by atoms with Gasteiger partial charge in [-0.3, -0.25) is 9.59 Å². The topological polar surface area (TPSA) is 85.4 Å². The van der Waals surface area contributed by atoms with Gasteiger partial charge in [0.05, 0.1) is 12.1 Å². The van der Waals surface area contributed by atoms with Crippen molar-refractivity contribution in [3.63, 3.8) is 0 Å². The molecule has 0 saturated carbocycles. The second-order valence-corrected chi connectivity index (χ2v) is 4.12. The highest BCUT2D eigenvalue weighted by atomic mass is 16.3. The zero-order valence-corrected chi connectivity index (χ0v) is 9.51. The fourth-order valence-electron chi connectivity index (χ4n) is 1.98. The molecule has 2 rings (SSSR count). The standard InChI is InChI=1S/C11H15N3O3/c1-14(8-5-12-6-9(8)15)11(17)7-3-2-4-13-10(7)16/h2-4,8-9,12,15H,5-6H2,1H3,(H,13,16)/t8-,9-/m0/s1. The number of carbonyl (C=O) groups excluding carboxylic acids is 1. The Morgan fingerprint density at radius 3 is 2.88 bits per heavy atom. The first-order valence-electron chi connectivity index (χ1n) is 5.45. The van der Waals surface area contributed by atoms with Crippen LogP contribution >= 0.6 is 0 Å². The van der Waals surface area contributed by atoms with Crippen molar-refractivity contribution < 1.29 is 9.90 Å². The molecule has 0 unspecified atom stereocenters. The molecule has 1 saturated heterocycles. The number of amides is 1. The molecule has 6 nitrogen and oxygen atoms in total. The Bertz CT molecular complexity index is 471. The lowest BCUT2D eigenvalue weighted by Gasteiger charge is -2.26. The molecule has 1 aliphatic heterocycles. The van der Waals surface area contributed by atoms with Gasteiger partial charge in [0.2, 0.25) is 0 Å². The molecule has 2 atom stereocenters. The quantitative estimate of drug-likeness (QED) is 0.602. The summed E-state index contributed by atoms with van der Waals surface area (Å²) in [6, 6.07) is 2.79. The lowest BCUT2D eigenvalue weighted by atomic mass is 10.1. The van der Waals surface area contributed by atoms with E-state index in [1.807, 2.05) is 0 Å². The average Bonchev–Trinajstić information content (AvgIpc) is 2.74. The molecule has 1 aromatic rings. The molecular formula is C11H15N3O3. The summed E-state index contributed by atoms with van der Waals surface area (Å²) in [6.45, 7) is 1.00. The van der Waals surface area contributed by atoms with E-state index in [-0.39, 0.29) is 17.5 Å². The molecule has 1 aromatic heterocycles. The van der Waals surface area contributed by atoms with E-state index in [4.69, 9.17) is 0 Å². The normalized spacial score (nSPS) is 23.6. The van der Waals surface area contributed by atoms with Crippen LogP contribution in [0.15, 0.2) is 23.1 Å². The predicted octanol–water partition coefficient (Wildman–Crippen LogP) is -1.22. The Balaban J connectivity index is 2.20. The number of pyridine rings is 1. The first kappa shape index (κ1) is 11.8. The number of hydrogen-bond acceptors (Lipinski definition) is 4. The molecule has 0 aliphatic carbocycles. The highest BCUT2D eigenvalue weighted by Gasteiger charge is 2.32. The Hall–Kier alpha value is -1.66. The first-order valence-corrected chi connectivity index (χ1v) is 5.45. The van der Waals surface area contributed by atoms with Crippen LogP contribution in [0.5, 0.6) is 0 Å². The fraction of sp³-hybridized carbons (Fsp3) is 0.455. The van der Waals surface area contributed by atoms with Crippen LogP contribution in [0, 0.1) is 0 Å². The van der Waals surface area contributed by atoms with Gasteiger partial charge in [-0.1, -0.05) is 0 Å². The van der Waals surface area contributed by atoms with Crippen LogP contribution in [0.1, 0.15) is 10.4 Å². The molecule has 1 amide bonds. The number of H-pyrrole nitrogens is 1. The smallest absolute Gasteiger partial charge is 0.260 e. The minimum Gasteiger partial charge on any atom is -0.390 e. The Morgan fingerprint density at radius 2 is 2.29 bits per heavy atom. The van der Waals surface area contributed by atoms with Crippen LogP contribution in [0.2, 0.25) is 0 Å². The fourth-order valence-corrected chi connectivity index (χ4v) is 1.98. The third-order valence-electron chi connectivity index (χ3n) is 3.02. The maximum atomic E-state index is 12.1. The molecule has 0 radical (unpaired) electrons. The maximum Gasteiger partial charge on any atom is 0.260 e. The van der Waals surface area contributed by atoms with E-state index in [2.05, 4.69) is 10.3 Å². The number of aliphatic hydroxyl groups excluding tert-OH is 1. The van der Waals surface area contributed by atoms with Crippen LogP contribution in [0.3, 0.4) is 0 Å². The number of carbonyl (C=O) groups is 1. The number of hydrogen-bond donors (Lipinski definition) is 3. The van der Waals surface area contributed by atoms with Gasteiger partial charge >= 0.3 is 0 Å². The highest BCUT2D eigenvalue weighted by Crippen LogP contribution is 2.09. The van der Waals surface area contributed by atoms with Crippen LogP contribution in [-0.4, -0.2) is 53.2 Å². The van der Waals surface area contributed by atoms with E-state index in [0.717, 1.165) is 0 Å². The number of aliphatic hydroxyl groups is 1. The van der Waals surface area contributed by atoms with E-state index in [0.29, 0.717) is 13.1 Å². The van der Waals surface area contributed by atoms with E-state index < -0.39 is 11.7 Å². The maximum absolute atomic E-state index is 12.1. The van der Waals surface area contributed by atoms with E-state index >= 15 is 0 Å². The van der Waals surface area contributed by atoms with E-state index in [1.165, 1.54) is 17.2 Å². The molecule has 17 heavy (non-hydrogen) atoms. The van der Waals surface area contributed by atoms with Crippen molar-refractivity contribution >= 4 is 5.91 Å². The van der Waals surface area contributed by atoms with Crippen molar-refractivity contribution in [3.05, 3.63) is 34.2 Å². The van der Waals surface area contributed by atoms with Gasteiger partial charge in [-0.25, -0.2) is 0 Å². The third kappa shape index (κ3) is 2.22. The minimum atomic E-state index is -0.591. The van der Waals surface area contributed by atoms with E-state index in [9.17, 15) is 14.7 Å². The molecule has 3 N–H and O–H groups in total. The summed E-state index contributed by atoms with van der Waals surface area (Å²) in [5.41, 5.74) is -0.320. The second kappa shape index (κ2) is 4.68. The summed E-state index contributed by atoms with van der Waals surface area (Å²) in [7, 11) is 1.59. The lowest BCUT2D eigenvalue weighted by Crippen LogP contribution is -2.45. The van der Waals surface area contributed by atoms with Crippen LogP contribution in [-0.2, 0) is 0 Å². The molecule has 0 aromatic carbocycles. The number of likely N-dealkylation sites (N-methyl/N-ethyl adjacent to an activating group) is 1. The van der Waals surface area contributed by atoms with Crippen molar-refractivity contribution in [2.75, 3.05) is 20.1 Å². The van der Waals surface area contributed by atoms with Crippen molar-refractivity contribution in [2.24, 2.45) is 0 Å². The number of aromatic nitrogens is 1. The average molecular weight is 237 g/mol. The van der Waals surface area contributed by atoms with Crippen molar-refractivity contribution in [2.45, 2.75) is 12.1 Å². The number of nitrogens with zero attached hydrogens (tertiary/aromatic N) is 1. The Morgan fingerprint density at radius 1 is 1.53 bits per heavy atom. The third-order valence-corrected chi connectivity index (χ3v) is 3.02. The number of β-amino-alcohol motifs (C(OH)–C–C–N with tert-alkyl or cyclic N) is 1. The molecule has 2 heterocycles. The summed E-state index contributed by atoms with van der Waals surface area (Å²) in [5.74, 6) is -0.375. The monoisotopic (exact) mass is 237 g/mol. The first-order chi connectivity index (χ1) is 8.11. The zero-order chi connectivity index (χ0) is 12.4. The van der Waals surface area contributed by atoms with Gasteiger partial charge < -0.3 is 20.3 Å². The molecule has 1 fully saturated rings. The number of nitrogens with one attached hydrogen (secondary N) is 2. The molecule has 6 heteroatoms. The van der Waals surface area contributed by atoms with Crippen LogP contribution in [0.4, 0.5) is 0 Å². The molecular weight excluding hydrogens is 222 g/mol. The largest absolute Gasteiger partial charge is 0.390 e. The molecule has 0 spiro atoms. The van der Waals surface area contributed by atoms with Crippen LogP contribution in [0.25, 0.3) is 0 Å². The van der Waals surface area contributed by atoms with Gasteiger partial charge in [0.15, 0.2) is 0 Å². The summed E-state index contributed by atoms with van der Waals surface area (Å²) in [4.78, 5) is 27.4. The van der Waals surface area contributed by atoms with Crippen molar-refractivity contribution in [3.8, 4) is 0 Å². The summed E-state index contributed by atoms with van der Waals surface area (Å²) in [5, 5.41) is 12.7. The minimum absolute atomic E-state index is 0.0918. The van der Waals surface area contributed by atoms with Gasteiger partial charge in [-0.2, -0.15) is 0 Å². The van der Waals surface area contributed by atoms with E-state index in [1.54, 1.807) is 13.1 Å². The Kier molecular flexibility index (Phi) is 3.26. The van der Waals surface area contributed by atoms with Crippen molar-refractivity contribution in [1.29, 1.82) is 0 Å². The van der Waals surface area contributed by atoms with Gasteiger partial charge in [-0.05, 0) is 12.1 Å². The van der Waals surface area contributed by atoms with Crippen molar-refractivity contribution in [1.82, 2.24) is 15.2 Å². The number of aromatic amines is 1. The number of rotatable bonds is 2.